The van der Waals surface area contributed by atoms with Gasteiger partial charge in [0.15, 0.2) is 0 Å². The number of anilines is 3. The summed E-state index contributed by atoms with van der Waals surface area (Å²) in [5, 5.41) is 10.2. The fraction of sp³-hybridized carbons (Fsp3) is 0. The summed E-state index contributed by atoms with van der Waals surface area (Å²) < 4.78 is 7.56. The second kappa shape index (κ2) is 12.1. The average molecular weight is 756 g/mol. The van der Waals surface area contributed by atoms with Gasteiger partial charge in [0.05, 0.1) is 33.3 Å². The molecule has 13 aromatic rings. The van der Waals surface area contributed by atoms with Gasteiger partial charge in [0.2, 0.25) is 0 Å². The van der Waals surface area contributed by atoms with Gasteiger partial charge in [-0.2, -0.15) is 0 Å². The first-order chi connectivity index (χ1) is 28.8. The average Bonchev–Trinajstić information content (AvgIpc) is 4.03. The van der Waals surface area contributed by atoms with Crippen molar-refractivity contribution in [2.45, 2.75) is 0 Å². The lowest BCUT2D eigenvalue weighted by Gasteiger charge is -2.27. The molecule has 0 aliphatic carbocycles. The molecule has 0 radical (unpaired) electrons. The fourth-order valence-corrected chi connectivity index (χ4v) is 10.8. The summed E-state index contributed by atoms with van der Waals surface area (Å²) in [7, 11) is 0. The lowest BCUT2D eigenvalue weighted by atomic mass is 10.0. The minimum absolute atomic E-state index is 1.09. The molecule has 0 bridgehead atoms. The highest BCUT2D eigenvalue weighted by Gasteiger charge is 2.24. The van der Waals surface area contributed by atoms with Gasteiger partial charge in [0, 0.05) is 69.6 Å². The van der Waals surface area contributed by atoms with Crippen LogP contribution in [0.3, 0.4) is 0 Å². The lowest BCUT2D eigenvalue weighted by molar-refractivity contribution is 1.17. The molecule has 58 heavy (non-hydrogen) atoms. The molecule has 0 fully saturated rings. The third-order valence-corrected chi connectivity index (χ3v) is 13.4. The zero-order valence-electron chi connectivity index (χ0n) is 31.3. The van der Waals surface area contributed by atoms with Crippen molar-refractivity contribution in [3.05, 3.63) is 200 Å². The van der Waals surface area contributed by atoms with E-state index in [0.29, 0.717) is 0 Å². The minimum atomic E-state index is 1.09. The molecule has 0 unspecified atom stereocenters. The normalized spacial score (nSPS) is 12.1. The van der Waals surface area contributed by atoms with E-state index < -0.39 is 0 Å². The third-order valence-electron chi connectivity index (χ3n) is 12.2. The maximum Gasteiger partial charge on any atom is 0.0782 e. The first-order valence-electron chi connectivity index (χ1n) is 19.8. The van der Waals surface area contributed by atoms with Crippen molar-refractivity contribution in [1.29, 1.82) is 0 Å². The molecule has 0 spiro atoms. The predicted molar refractivity (Wildman–Crippen MR) is 248 cm³/mol. The Bertz CT molecular complexity index is 3700. The zero-order valence-corrected chi connectivity index (χ0v) is 32.1. The maximum atomic E-state index is 2.50. The molecule has 0 atom stereocenters. The summed E-state index contributed by atoms with van der Waals surface area (Å²) in [6.45, 7) is 0. The van der Waals surface area contributed by atoms with E-state index in [1.807, 2.05) is 11.3 Å². The van der Waals surface area contributed by atoms with Gasteiger partial charge in [-0.15, -0.1) is 11.3 Å². The van der Waals surface area contributed by atoms with Gasteiger partial charge in [0.25, 0.3) is 0 Å². The Morgan fingerprint density at radius 1 is 0.345 bits per heavy atom. The molecule has 4 heterocycles. The third kappa shape index (κ3) is 4.43. The number of para-hydroxylation sites is 5. The van der Waals surface area contributed by atoms with Crippen molar-refractivity contribution in [2.75, 3.05) is 4.90 Å². The molecule has 0 N–H and O–H groups in total. The lowest BCUT2D eigenvalue weighted by Crippen LogP contribution is -2.11. The molecule has 0 saturated heterocycles. The Hall–Kier alpha value is -7.40. The van der Waals surface area contributed by atoms with Crippen LogP contribution in [-0.4, -0.2) is 8.97 Å². The Labute approximate surface area is 337 Å². The second-order valence-corrected chi connectivity index (χ2v) is 16.4. The van der Waals surface area contributed by atoms with Gasteiger partial charge < -0.3 is 13.9 Å². The number of aromatic nitrogens is 2. The predicted octanol–water partition coefficient (Wildman–Crippen LogP) is 15.4. The van der Waals surface area contributed by atoms with Crippen molar-refractivity contribution < 1.29 is 0 Å². The van der Waals surface area contributed by atoms with Crippen molar-refractivity contribution >= 4 is 108 Å². The van der Waals surface area contributed by atoms with Crippen LogP contribution in [0.25, 0.3) is 96.9 Å². The van der Waals surface area contributed by atoms with Gasteiger partial charge in [-0.25, -0.2) is 0 Å². The van der Waals surface area contributed by atoms with Gasteiger partial charge in [-0.05, 0) is 83.9 Å². The number of hydrogen-bond donors (Lipinski definition) is 0. The van der Waals surface area contributed by atoms with E-state index in [1.165, 1.54) is 91.2 Å². The second-order valence-electron chi connectivity index (χ2n) is 15.3. The van der Waals surface area contributed by atoms with Gasteiger partial charge in [-0.3, -0.25) is 0 Å². The van der Waals surface area contributed by atoms with Crippen LogP contribution in [0.4, 0.5) is 17.1 Å². The van der Waals surface area contributed by atoms with Gasteiger partial charge in [0.1, 0.15) is 0 Å². The minimum Gasteiger partial charge on any atom is -0.309 e. The van der Waals surface area contributed by atoms with Gasteiger partial charge in [-0.1, -0.05) is 127 Å². The van der Waals surface area contributed by atoms with Crippen LogP contribution in [0.5, 0.6) is 0 Å². The van der Waals surface area contributed by atoms with Crippen LogP contribution >= 0.6 is 11.3 Å². The van der Waals surface area contributed by atoms with Crippen molar-refractivity contribution in [3.8, 4) is 16.8 Å². The summed E-state index contributed by atoms with van der Waals surface area (Å²) in [4.78, 5) is 2.46. The molecule has 4 aromatic heterocycles. The molecule has 0 saturated carbocycles. The highest BCUT2D eigenvalue weighted by atomic mass is 32.1. The molecule has 0 aliphatic heterocycles. The Morgan fingerprint density at radius 3 is 1.66 bits per heavy atom. The van der Waals surface area contributed by atoms with E-state index in [-0.39, 0.29) is 0 Å². The number of hydrogen-bond acceptors (Lipinski definition) is 2. The Balaban J connectivity index is 1.05. The van der Waals surface area contributed by atoms with E-state index >= 15 is 0 Å². The molecule has 3 nitrogen and oxygen atoms in total. The summed E-state index contributed by atoms with van der Waals surface area (Å²) in [6.07, 6.45) is 0. The molecule has 13 rings (SSSR count). The molecule has 4 heteroatoms. The highest BCUT2D eigenvalue weighted by Crippen LogP contribution is 2.46. The van der Waals surface area contributed by atoms with Gasteiger partial charge >= 0.3 is 0 Å². The van der Waals surface area contributed by atoms with E-state index in [1.54, 1.807) is 0 Å². The Morgan fingerprint density at radius 2 is 0.897 bits per heavy atom. The number of thiophene rings is 1. The quantitative estimate of drug-likeness (QED) is 0.170. The van der Waals surface area contributed by atoms with Crippen LogP contribution in [0.15, 0.2) is 200 Å². The first-order valence-corrected chi connectivity index (χ1v) is 20.7. The molecule has 270 valence electrons. The molecule has 0 aliphatic rings. The summed E-state index contributed by atoms with van der Waals surface area (Å²) in [6, 6.07) is 73.7. The summed E-state index contributed by atoms with van der Waals surface area (Å²) in [5.41, 5.74) is 13.0. The van der Waals surface area contributed by atoms with Crippen molar-refractivity contribution in [3.63, 3.8) is 0 Å². The first kappa shape index (κ1) is 31.8. The highest BCUT2D eigenvalue weighted by molar-refractivity contribution is 7.25. The standard InChI is InChI=1S/C54H33N3S/c1-5-21-47-39(14-1)40-15-2-6-22-48(40)56(47)38-13-9-12-37(33-38)55(36-29-26-34(27-30-36)35-28-31-52-46(32-35)42-17-4-8-25-51(42)58-52)50-24-11-20-45-44-19-10-18-43-41-16-3-7-23-49(41)57(53(43)44)54(45)50/h1-33H. The number of benzene rings is 9. The van der Waals surface area contributed by atoms with E-state index in [2.05, 4.69) is 214 Å². The molecule has 9 aromatic carbocycles. The topological polar surface area (TPSA) is 12.6 Å². The largest absolute Gasteiger partial charge is 0.309 e. The van der Waals surface area contributed by atoms with Crippen molar-refractivity contribution in [2.24, 2.45) is 0 Å². The zero-order chi connectivity index (χ0) is 37.9. The van der Waals surface area contributed by atoms with Crippen molar-refractivity contribution in [1.82, 2.24) is 8.97 Å². The molecule has 0 amide bonds. The fourth-order valence-electron chi connectivity index (χ4n) is 9.74. The number of rotatable bonds is 5. The Kier molecular flexibility index (Phi) is 6.60. The van der Waals surface area contributed by atoms with Crippen LogP contribution in [0, 0.1) is 0 Å². The van der Waals surface area contributed by atoms with E-state index in [9.17, 15) is 0 Å². The molecular formula is C54H33N3S. The van der Waals surface area contributed by atoms with Crippen LogP contribution in [0.2, 0.25) is 0 Å². The monoisotopic (exact) mass is 755 g/mol. The summed E-state index contributed by atoms with van der Waals surface area (Å²) >= 11 is 1.86. The van der Waals surface area contributed by atoms with Crippen LogP contribution in [0.1, 0.15) is 0 Å². The van der Waals surface area contributed by atoms with Crippen LogP contribution < -0.4 is 4.90 Å². The number of fused-ring (bicyclic) bond motifs is 12. The van der Waals surface area contributed by atoms with E-state index in [4.69, 9.17) is 0 Å². The van der Waals surface area contributed by atoms with Crippen LogP contribution in [-0.2, 0) is 0 Å². The smallest absolute Gasteiger partial charge is 0.0782 e. The number of nitrogens with zero attached hydrogens (tertiary/aromatic N) is 3. The summed E-state index contributed by atoms with van der Waals surface area (Å²) in [5.74, 6) is 0. The van der Waals surface area contributed by atoms with E-state index in [0.717, 1.165) is 22.7 Å². The maximum absolute atomic E-state index is 2.50. The molecular weight excluding hydrogens is 723 g/mol. The SMILES string of the molecule is c1cc(N(c2ccc(-c3ccc4sc5ccccc5c4c3)cc2)c2cccc3c4cccc5c6ccccc6n(c23)c54)cc(-n2c3ccccc3c3ccccc32)c1.